The number of benzene rings is 1. The first-order valence-electron chi connectivity index (χ1n) is 6.84. The maximum atomic E-state index is 12.9. The third kappa shape index (κ3) is 3.40. The van der Waals surface area contributed by atoms with Crippen LogP contribution in [0.3, 0.4) is 0 Å². The molecule has 9 heteroatoms. The van der Waals surface area contributed by atoms with Gasteiger partial charge in [-0.3, -0.25) is 9.13 Å². The van der Waals surface area contributed by atoms with Crippen molar-refractivity contribution in [3.8, 4) is 5.69 Å². The molecule has 0 aliphatic carbocycles. The van der Waals surface area contributed by atoms with Crippen molar-refractivity contribution in [3.63, 3.8) is 0 Å². The number of carbonyl (C=O) groups is 1. The molecule has 0 saturated heterocycles. The van der Waals surface area contributed by atoms with Gasteiger partial charge >= 0.3 is 17.8 Å². The fraction of sp³-hybridized carbons (Fsp3) is 0.267. The van der Waals surface area contributed by atoms with Crippen molar-refractivity contribution in [2.45, 2.75) is 13.1 Å². The van der Waals surface area contributed by atoms with Crippen molar-refractivity contribution < 1.29 is 22.7 Å². The molecule has 24 heavy (non-hydrogen) atoms. The first-order chi connectivity index (χ1) is 11.2. The molecule has 2 aromatic rings. The SMILES string of the molecule is CCOC(=O)c1cccc(-n2c(=S)cc(C(F)(F)F)n(C)c2=O)c1. The lowest BCUT2D eigenvalue weighted by atomic mass is 10.2. The fourth-order valence-electron chi connectivity index (χ4n) is 2.12. The normalized spacial score (nSPS) is 11.4. The lowest BCUT2D eigenvalue weighted by Crippen LogP contribution is -2.33. The third-order valence-electron chi connectivity index (χ3n) is 3.23. The van der Waals surface area contributed by atoms with Crippen molar-refractivity contribution in [1.29, 1.82) is 0 Å². The molecule has 0 radical (unpaired) electrons. The van der Waals surface area contributed by atoms with Gasteiger partial charge in [0.1, 0.15) is 10.3 Å². The molecule has 1 aromatic carbocycles. The first-order valence-corrected chi connectivity index (χ1v) is 7.25. The monoisotopic (exact) mass is 358 g/mol. The van der Waals surface area contributed by atoms with Crippen molar-refractivity contribution in [1.82, 2.24) is 9.13 Å². The van der Waals surface area contributed by atoms with E-state index in [0.29, 0.717) is 10.6 Å². The van der Waals surface area contributed by atoms with Gasteiger partial charge in [0.05, 0.1) is 17.9 Å². The molecule has 0 fully saturated rings. The van der Waals surface area contributed by atoms with Crippen molar-refractivity contribution >= 4 is 18.2 Å². The summed E-state index contributed by atoms with van der Waals surface area (Å²) in [7, 11) is 1.01. The van der Waals surface area contributed by atoms with Gasteiger partial charge in [0, 0.05) is 13.1 Å². The van der Waals surface area contributed by atoms with Gasteiger partial charge < -0.3 is 4.74 Å². The Labute approximate surface area is 139 Å². The highest BCUT2D eigenvalue weighted by atomic mass is 32.1. The summed E-state index contributed by atoms with van der Waals surface area (Å²) in [6.45, 7) is 1.81. The highest BCUT2D eigenvalue weighted by Gasteiger charge is 2.34. The number of hydrogen-bond donors (Lipinski definition) is 0. The van der Waals surface area contributed by atoms with Crippen LogP contribution in [0.25, 0.3) is 5.69 Å². The van der Waals surface area contributed by atoms with Crippen LogP contribution in [0.5, 0.6) is 0 Å². The van der Waals surface area contributed by atoms with E-state index in [1.54, 1.807) is 6.92 Å². The summed E-state index contributed by atoms with van der Waals surface area (Å²) in [5, 5.41) is 0. The quantitative estimate of drug-likeness (QED) is 0.625. The number of rotatable bonds is 3. The van der Waals surface area contributed by atoms with Crippen LogP contribution in [0, 0.1) is 4.64 Å². The van der Waals surface area contributed by atoms with Gasteiger partial charge in [-0.1, -0.05) is 18.3 Å². The van der Waals surface area contributed by atoms with Crippen LogP contribution in [-0.4, -0.2) is 21.7 Å². The zero-order valence-electron chi connectivity index (χ0n) is 12.8. The second-order valence-electron chi connectivity index (χ2n) is 4.81. The Hall–Kier alpha value is -2.42. The Kier molecular flexibility index (Phi) is 4.93. The second-order valence-corrected chi connectivity index (χ2v) is 5.23. The Balaban J connectivity index is 2.65. The largest absolute Gasteiger partial charge is 0.462 e. The molecular weight excluding hydrogens is 345 g/mol. The first kappa shape index (κ1) is 17.9. The van der Waals surface area contributed by atoms with E-state index in [0.717, 1.165) is 11.6 Å². The molecule has 0 spiro atoms. The summed E-state index contributed by atoms with van der Waals surface area (Å²) in [5.41, 5.74) is -1.76. The molecule has 0 aliphatic rings. The number of carbonyl (C=O) groups excluding carboxylic acids is 1. The van der Waals surface area contributed by atoms with Crippen LogP contribution < -0.4 is 5.69 Å². The molecule has 0 atom stereocenters. The van der Waals surface area contributed by atoms with Gasteiger partial charge in [-0.15, -0.1) is 0 Å². The molecule has 2 rings (SSSR count). The maximum absolute atomic E-state index is 12.9. The Bertz CT molecular complexity index is 900. The van der Waals surface area contributed by atoms with Gasteiger partial charge in [0.2, 0.25) is 0 Å². The average molecular weight is 358 g/mol. The molecule has 1 aromatic heterocycles. The van der Waals surface area contributed by atoms with E-state index >= 15 is 0 Å². The van der Waals surface area contributed by atoms with E-state index in [1.807, 2.05) is 0 Å². The van der Waals surface area contributed by atoms with E-state index in [2.05, 4.69) is 0 Å². The van der Waals surface area contributed by atoms with Crippen molar-refractivity contribution in [3.05, 3.63) is 56.7 Å². The van der Waals surface area contributed by atoms with E-state index in [1.165, 1.54) is 24.3 Å². The van der Waals surface area contributed by atoms with Crippen LogP contribution in [0.15, 0.2) is 35.1 Å². The number of halogens is 3. The Morgan fingerprint density at radius 2 is 1.96 bits per heavy atom. The van der Waals surface area contributed by atoms with Gasteiger partial charge in [0.15, 0.2) is 0 Å². The molecule has 1 heterocycles. The number of alkyl halides is 3. The van der Waals surface area contributed by atoms with Gasteiger partial charge in [-0.25, -0.2) is 9.59 Å². The average Bonchev–Trinajstić information content (AvgIpc) is 2.50. The maximum Gasteiger partial charge on any atom is 0.431 e. The van der Waals surface area contributed by atoms with E-state index in [9.17, 15) is 22.8 Å². The molecule has 0 amide bonds. The minimum atomic E-state index is -4.70. The Morgan fingerprint density at radius 1 is 1.29 bits per heavy atom. The zero-order chi connectivity index (χ0) is 18.1. The van der Waals surface area contributed by atoms with Gasteiger partial charge in [-0.05, 0) is 25.1 Å². The molecule has 0 saturated carbocycles. The van der Waals surface area contributed by atoms with Crippen molar-refractivity contribution in [2.75, 3.05) is 6.61 Å². The highest BCUT2D eigenvalue weighted by Crippen LogP contribution is 2.28. The van der Waals surface area contributed by atoms with Crippen LogP contribution in [0.4, 0.5) is 13.2 Å². The third-order valence-corrected chi connectivity index (χ3v) is 3.53. The lowest BCUT2D eigenvalue weighted by Gasteiger charge is -2.15. The van der Waals surface area contributed by atoms with Crippen LogP contribution in [0.1, 0.15) is 23.0 Å². The van der Waals surface area contributed by atoms with Crippen LogP contribution in [0.2, 0.25) is 0 Å². The number of hydrogen-bond acceptors (Lipinski definition) is 4. The molecule has 0 bridgehead atoms. The van der Waals surface area contributed by atoms with E-state index in [-0.39, 0.29) is 22.5 Å². The number of esters is 1. The number of ether oxygens (including phenoxy) is 1. The molecule has 5 nitrogen and oxygen atoms in total. The van der Waals surface area contributed by atoms with Crippen LogP contribution >= 0.6 is 12.2 Å². The van der Waals surface area contributed by atoms with E-state index in [4.69, 9.17) is 17.0 Å². The number of nitrogens with zero attached hydrogens (tertiary/aromatic N) is 2. The summed E-state index contributed by atoms with van der Waals surface area (Å²) in [5.74, 6) is -0.602. The summed E-state index contributed by atoms with van der Waals surface area (Å²) in [6, 6.07) is 6.46. The minimum Gasteiger partial charge on any atom is -0.462 e. The molecule has 0 unspecified atom stereocenters. The van der Waals surface area contributed by atoms with E-state index < -0.39 is 23.5 Å². The lowest BCUT2D eigenvalue weighted by molar-refractivity contribution is -0.144. The summed E-state index contributed by atoms with van der Waals surface area (Å²) in [6.07, 6.45) is -4.70. The molecular formula is C15H13F3N2O3S. The summed E-state index contributed by atoms with van der Waals surface area (Å²) >= 11 is 4.93. The standard InChI is InChI=1S/C15H13F3N2O3S/c1-3-23-13(21)9-5-4-6-10(7-9)20-12(24)8-11(15(16,17)18)19(2)14(20)22/h4-8H,3H2,1-2H3. The molecule has 128 valence electrons. The predicted molar refractivity (Wildman–Crippen MR) is 82.8 cm³/mol. The predicted octanol–water partition coefficient (Wildman–Crippen LogP) is 3.10. The Morgan fingerprint density at radius 3 is 2.54 bits per heavy atom. The summed E-state index contributed by atoms with van der Waals surface area (Å²) < 4.78 is 44.7. The molecule has 0 aliphatic heterocycles. The van der Waals surface area contributed by atoms with Crippen molar-refractivity contribution in [2.24, 2.45) is 7.05 Å². The van der Waals surface area contributed by atoms with Gasteiger partial charge in [-0.2, -0.15) is 13.2 Å². The fourth-order valence-corrected chi connectivity index (χ4v) is 2.42. The summed E-state index contributed by atoms with van der Waals surface area (Å²) in [4.78, 5) is 24.1. The zero-order valence-corrected chi connectivity index (χ0v) is 13.6. The number of aromatic nitrogens is 2. The highest BCUT2D eigenvalue weighted by molar-refractivity contribution is 7.71. The van der Waals surface area contributed by atoms with Crippen LogP contribution in [-0.2, 0) is 18.0 Å². The smallest absolute Gasteiger partial charge is 0.431 e. The van der Waals surface area contributed by atoms with Gasteiger partial charge in [0.25, 0.3) is 0 Å². The minimum absolute atomic E-state index is 0.165. The topological polar surface area (TPSA) is 53.2 Å². The second kappa shape index (κ2) is 6.60. The molecule has 0 N–H and O–H groups in total.